The molecule has 1 aliphatic heterocycles. The fraction of sp³-hybridized carbons (Fsp3) is 1.00. The molecule has 0 aromatic heterocycles. The van der Waals surface area contributed by atoms with Crippen LogP contribution in [0.3, 0.4) is 0 Å². The summed E-state index contributed by atoms with van der Waals surface area (Å²) in [6, 6.07) is 0.515. The highest BCUT2D eigenvalue weighted by molar-refractivity contribution is 4.95. The monoisotopic (exact) mass is 297 g/mol. The molecule has 4 heteroatoms. The Kier molecular flexibility index (Phi) is 6.06. The lowest BCUT2D eigenvalue weighted by Crippen LogP contribution is -2.49. The average molecular weight is 297 g/mol. The zero-order chi connectivity index (χ0) is 15.5. The number of aliphatic hydroxyl groups excluding tert-OH is 1. The molecule has 0 radical (unpaired) electrons. The Morgan fingerprint density at radius 3 is 2.76 bits per heavy atom. The highest BCUT2D eigenvalue weighted by Gasteiger charge is 2.40. The molecule has 0 aromatic rings. The molecule has 0 aromatic carbocycles. The fourth-order valence-electron chi connectivity index (χ4n) is 4.70. The van der Waals surface area contributed by atoms with Crippen molar-refractivity contribution < 1.29 is 5.11 Å². The lowest BCUT2D eigenvalue weighted by molar-refractivity contribution is 0.0652. The van der Waals surface area contributed by atoms with Gasteiger partial charge in [0.2, 0.25) is 0 Å². The Morgan fingerprint density at radius 2 is 2.14 bits per heavy atom. The highest BCUT2D eigenvalue weighted by atomic mass is 16.3. The summed E-state index contributed by atoms with van der Waals surface area (Å²) < 4.78 is 0. The van der Waals surface area contributed by atoms with Gasteiger partial charge in [-0.25, -0.2) is 0 Å². The van der Waals surface area contributed by atoms with E-state index in [2.05, 4.69) is 43.2 Å². The van der Waals surface area contributed by atoms with Gasteiger partial charge in [0.1, 0.15) is 0 Å². The molecule has 4 atom stereocenters. The van der Waals surface area contributed by atoms with E-state index in [1.807, 2.05) is 0 Å². The third-order valence-electron chi connectivity index (χ3n) is 5.36. The minimum absolute atomic E-state index is 0.136. The maximum atomic E-state index is 10.1. The molecule has 2 N–H and O–H groups in total. The third kappa shape index (κ3) is 4.65. The molecule has 1 aliphatic carbocycles. The quantitative estimate of drug-likeness (QED) is 0.777. The van der Waals surface area contributed by atoms with Gasteiger partial charge in [0.05, 0.1) is 6.10 Å². The smallest absolute Gasteiger partial charge is 0.0682 e. The van der Waals surface area contributed by atoms with Crippen LogP contribution in [-0.2, 0) is 0 Å². The van der Waals surface area contributed by atoms with Gasteiger partial charge in [0.15, 0.2) is 0 Å². The molecule has 2 fully saturated rings. The van der Waals surface area contributed by atoms with Crippen LogP contribution in [-0.4, -0.2) is 74.4 Å². The standard InChI is InChI=1S/C17H35N3O/c1-14-6-5-7-17(9-14,12-18-2)13-20-11-16(21)8-15(20)10-19(3)4/h14-16,18,21H,5-13H2,1-4H3. The maximum absolute atomic E-state index is 10.1. The van der Waals surface area contributed by atoms with Crippen LogP contribution < -0.4 is 5.32 Å². The normalized spacial score (nSPS) is 38.3. The van der Waals surface area contributed by atoms with Gasteiger partial charge in [-0.1, -0.05) is 19.8 Å². The molecule has 2 rings (SSSR count). The van der Waals surface area contributed by atoms with Crippen molar-refractivity contribution in [2.75, 3.05) is 47.3 Å². The van der Waals surface area contributed by atoms with Gasteiger partial charge in [-0.05, 0) is 51.7 Å². The van der Waals surface area contributed by atoms with E-state index in [9.17, 15) is 5.11 Å². The number of hydrogen-bond acceptors (Lipinski definition) is 4. The predicted molar refractivity (Wildman–Crippen MR) is 88.5 cm³/mol. The number of aliphatic hydroxyl groups is 1. The zero-order valence-corrected chi connectivity index (χ0v) is 14.4. The molecule has 0 amide bonds. The summed E-state index contributed by atoms with van der Waals surface area (Å²) >= 11 is 0. The van der Waals surface area contributed by atoms with E-state index in [4.69, 9.17) is 0 Å². The van der Waals surface area contributed by atoms with Crippen LogP contribution in [0.5, 0.6) is 0 Å². The van der Waals surface area contributed by atoms with E-state index in [0.29, 0.717) is 11.5 Å². The lowest BCUT2D eigenvalue weighted by atomic mass is 9.69. The second-order valence-corrected chi connectivity index (χ2v) is 7.97. The van der Waals surface area contributed by atoms with E-state index in [-0.39, 0.29) is 6.10 Å². The third-order valence-corrected chi connectivity index (χ3v) is 5.36. The van der Waals surface area contributed by atoms with Crippen molar-refractivity contribution in [1.82, 2.24) is 15.1 Å². The van der Waals surface area contributed by atoms with Crippen molar-refractivity contribution in [1.29, 1.82) is 0 Å². The van der Waals surface area contributed by atoms with Crippen LogP contribution in [0.1, 0.15) is 39.0 Å². The van der Waals surface area contributed by atoms with Gasteiger partial charge in [-0.2, -0.15) is 0 Å². The predicted octanol–water partition coefficient (Wildman–Crippen LogP) is 1.40. The van der Waals surface area contributed by atoms with Crippen molar-refractivity contribution in [2.24, 2.45) is 11.3 Å². The molecule has 21 heavy (non-hydrogen) atoms. The van der Waals surface area contributed by atoms with Gasteiger partial charge >= 0.3 is 0 Å². The molecule has 0 spiro atoms. The molecular weight excluding hydrogens is 262 g/mol. The molecule has 4 unspecified atom stereocenters. The first-order chi connectivity index (χ1) is 9.94. The number of hydrogen-bond donors (Lipinski definition) is 2. The first kappa shape index (κ1) is 17.2. The summed E-state index contributed by atoms with van der Waals surface area (Å²) in [5, 5.41) is 13.5. The number of nitrogens with one attached hydrogen (secondary N) is 1. The second kappa shape index (κ2) is 7.40. The first-order valence-corrected chi connectivity index (χ1v) is 8.65. The van der Waals surface area contributed by atoms with Crippen LogP contribution in [0.4, 0.5) is 0 Å². The zero-order valence-electron chi connectivity index (χ0n) is 14.4. The van der Waals surface area contributed by atoms with Crippen LogP contribution >= 0.6 is 0 Å². The second-order valence-electron chi connectivity index (χ2n) is 7.97. The first-order valence-electron chi connectivity index (χ1n) is 8.65. The summed E-state index contributed by atoms with van der Waals surface area (Å²) in [7, 11) is 6.35. The van der Waals surface area contributed by atoms with E-state index in [1.54, 1.807) is 0 Å². The molecule has 124 valence electrons. The van der Waals surface area contributed by atoms with Crippen molar-refractivity contribution in [3.8, 4) is 0 Å². The minimum Gasteiger partial charge on any atom is -0.392 e. The molecular formula is C17H35N3O. The highest BCUT2D eigenvalue weighted by Crippen LogP contribution is 2.40. The Hall–Kier alpha value is -0.160. The molecule has 1 saturated heterocycles. The van der Waals surface area contributed by atoms with Crippen molar-refractivity contribution in [3.63, 3.8) is 0 Å². The van der Waals surface area contributed by atoms with E-state index >= 15 is 0 Å². The van der Waals surface area contributed by atoms with Crippen molar-refractivity contribution >= 4 is 0 Å². The largest absolute Gasteiger partial charge is 0.392 e. The SMILES string of the molecule is CNCC1(CN2CC(O)CC2CN(C)C)CCCC(C)C1. The van der Waals surface area contributed by atoms with Crippen molar-refractivity contribution in [2.45, 2.75) is 51.2 Å². The van der Waals surface area contributed by atoms with E-state index < -0.39 is 0 Å². The molecule has 1 saturated carbocycles. The van der Waals surface area contributed by atoms with Gasteiger partial charge in [-0.15, -0.1) is 0 Å². The van der Waals surface area contributed by atoms with Gasteiger partial charge in [-0.3, -0.25) is 4.90 Å². The molecule has 0 bridgehead atoms. The van der Waals surface area contributed by atoms with E-state index in [0.717, 1.165) is 38.5 Å². The van der Waals surface area contributed by atoms with Crippen LogP contribution in [0, 0.1) is 11.3 Å². The lowest BCUT2D eigenvalue weighted by Gasteiger charge is -2.44. The summed E-state index contributed by atoms with van der Waals surface area (Å²) in [6.07, 6.45) is 6.20. The van der Waals surface area contributed by atoms with Gasteiger partial charge in [0.25, 0.3) is 0 Å². The number of likely N-dealkylation sites (tertiary alicyclic amines) is 1. The van der Waals surface area contributed by atoms with Crippen molar-refractivity contribution in [3.05, 3.63) is 0 Å². The van der Waals surface area contributed by atoms with Crippen LogP contribution in [0.2, 0.25) is 0 Å². The minimum atomic E-state index is -0.136. The van der Waals surface area contributed by atoms with Gasteiger partial charge in [0, 0.05) is 32.2 Å². The maximum Gasteiger partial charge on any atom is 0.0682 e. The fourth-order valence-corrected chi connectivity index (χ4v) is 4.70. The number of likely N-dealkylation sites (N-methyl/N-ethyl adjacent to an activating group) is 1. The summed E-state index contributed by atoms with van der Waals surface area (Å²) in [6.45, 7) is 6.58. The Balaban J connectivity index is 2.04. The Morgan fingerprint density at radius 1 is 1.38 bits per heavy atom. The summed E-state index contributed by atoms with van der Waals surface area (Å²) in [5.74, 6) is 0.840. The average Bonchev–Trinajstić information content (AvgIpc) is 2.68. The number of β-amino-alcohol motifs (C(OH)–C–C–N with tert-alkyl or cyclic N) is 1. The molecule has 4 nitrogen and oxygen atoms in total. The Bertz CT molecular complexity index is 319. The summed E-state index contributed by atoms with van der Waals surface area (Å²) in [5.41, 5.74) is 0.404. The molecule has 2 aliphatic rings. The van der Waals surface area contributed by atoms with E-state index in [1.165, 1.54) is 25.7 Å². The van der Waals surface area contributed by atoms with Crippen LogP contribution in [0.25, 0.3) is 0 Å². The molecule has 1 heterocycles. The number of rotatable bonds is 6. The number of nitrogens with zero attached hydrogens (tertiary/aromatic N) is 2. The topological polar surface area (TPSA) is 38.7 Å². The summed E-state index contributed by atoms with van der Waals surface area (Å²) in [4.78, 5) is 4.82. The Labute approximate surface area is 130 Å². The van der Waals surface area contributed by atoms with Gasteiger partial charge < -0.3 is 15.3 Å². The van der Waals surface area contributed by atoms with Crippen LogP contribution in [0.15, 0.2) is 0 Å².